The van der Waals surface area contributed by atoms with Gasteiger partial charge in [-0.15, -0.1) is 0 Å². The summed E-state index contributed by atoms with van der Waals surface area (Å²) in [7, 11) is 0. The van der Waals surface area contributed by atoms with Crippen molar-refractivity contribution >= 4 is 0 Å². The molecule has 0 unspecified atom stereocenters. The number of phenols is 1. The standard InChI is InChI=1S/C23H41NO/c1-16(2)13-24(14-17(3)4)15-18-11-19(22(5,6)7)21(25)20(12-18)23(8,9)10/h11-12,16-17,25H,13-15H2,1-10H3. The predicted octanol–water partition coefficient (Wildman–Crippen LogP) is 6.10. The highest BCUT2D eigenvalue weighted by Crippen LogP contribution is 2.40. The molecule has 0 heterocycles. The Hall–Kier alpha value is -1.02. The van der Waals surface area contributed by atoms with Crippen LogP contribution in [-0.2, 0) is 17.4 Å². The molecule has 0 bridgehead atoms. The van der Waals surface area contributed by atoms with Crippen molar-refractivity contribution in [2.24, 2.45) is 11.8 Å². The molecular formula is C23H41NO. The van der Waals surface area contributed by atoms with E-state index in [-0.39, 0.29) is 10.8 Å². The molecule has 2 nitrogen and oxygen atoms in total. The largest absolute Gasteiger partial charge is 0.507 e. The molecule has 2 heteroatoms. The van der Waals surface area contributed by atoms with E-state index in [1.165, 1.54) is 5.56 Å². The number of aromatic hydroxyl groups is 1. The molecule has 0 aliphatic heterocycles. The van der Waals surface area contributed by atoms with Crippen molar-refractivity contribution in [3.05, 3.63) is 28.8 Å². The zero-order valence-electron chi connectivity index (χ0n) is 18.3. The van der Waals surface area contributed by atoms with Gasteiger partial charge in [0, 0.05) is 19.6 Å². The second kappa shape index (κ2) is 8.12. The third-order valence-corrected chi connectivity index (χ3v) is 4.44. The van der Waals surface area contributed by atoms with Gasteiger partial charge in [0.15, 0.2) is 0 Å². The van der Waals surface area contributed by atoms with Crippen LogP contribution >= 0.6 is 0 Å². The molecule has 0 fully saturated rings. The van der Waals surface area contributed by atoms with E-state index in [9.17, 15) is 5.11 Å². The molecule has 1 aromatic rings. The zero-order valence-corrected chi connectivity index (χ0v) is 18.3. The van der Waals surface area contributed by atoms with Crippen molar-refractivity contribution in [3.8, 4) is 5.75 Å². The molecule has 0 aromatic heterocycles. The molecule has 0 radical (unpaired) electrons. The van der Waals surface area contributed by atoms with Crippen LogP contribution in [0.2, 0.25) is 0 Å². The van der Waals surface area contributed by atoms with Crippen LogP contribution in [0.15, 0.2) is 12.1 Å². The normalized spacial score (nSPS) is 13.3. The Morgan fingerprint density at radius 1 is 0.800 bits per heavy atom. The fourth-order valence-electron chi connectivity index (χ4n) is 3.42. The van der Waals surface area contributed by atoms with Crippen LogP contribution in [0.1, 0.15) is 85.9 Å². The quantitative estimate of drug-likeness (QED) is 0.672. The van der Waals surface area contributed by atoms with E-state index in [0.717, 1.165) is 30.8 Å². The average molecular weight is 348 g/mol. The Bertz CT molecular complexity index is 513. The highest BCUT2D eigenvalue weighted by atomic mass is 16.3. The van der Waals surface area contributed by atoms with Gasteiger partial charge in [-0.1, -0.05) is 81.4 Å². The Kier molecular flexibility index (Phi) is 7.15. The van der Waals surface area contributed by atoms with Crippen molar-refractivity contribution in [1.29, 1.82) is 0 Å². The number of rotatable bonds is 6. The summed E-state index contributed by atoms with van der Waals surface area (Å²) >= 11 is 0. The lowest BCUT2D eigenvalue weighted by atomic mass is 9.78. The summed E-state index contributed by atoms with van der Waals surface area (Å²) in [6.45, 7) is 25.4. The second-order valence-corrected chi connectivity index (χ2v) is 10.5. The topological polar surface area (TPSA) is 23.5 Å². The maximum atomic E-state index is 10.9. The van der Waals surface area contributed by atoms with Gasteiger partial charge in [-0.2, -0.15) is 0 Å². The van der Waals surface area contributed by atoms with Gasteiger partial charge in [-0.25, -0.2) is 0 Å². The number of benzene rings is 1. The summed E-state index contributed by atoms with van der Waals surface area (Å²) in [4.78, 5) is 2.56. The van der Waals surface area contributed by atoms with Crippen molar-refractivity contribution < 1.29 is 5.11 Å². The number of phenolic OH excluding ortho intramolecular Hbond substituents is 1. The third kappa shape index (κ3) is 6.66. The van der Waals surface area contributed by atoms with E-state index in [1.807, 2.05) is 0 Å². The van der Waals surface area contributed by atoms with Gasteiger partial charge in [0.25, 0.3) is 0 Å². The molecule has 25 heavy (non-hydrogen) atoms. The zero-order chi connectivity index (χ0) is 19.6. The van der Waals surface area contributed by atoms with Crippen LogP contribution in [-0.4, -0.2) is 23.1 Å². The molecule has 0 spiro atoms. The van der Waals surface area contributed by atoms with Gasteiger partial charge in [0.2, 0.25) is 0 Å². The maximum absolute atomic E-state index is 10.9. The van der Waals surface area contributed by atoms with Crippen LogP contribution in [0.4, 0.5) is 0 Å². The first kappa shape index (κ1) is 22.0. The molecule has 0 saturated heterocycles. The molecule has 0 amide bonds. The van der Waals surface area contributed by atoms with E-state index in [0.29, 0.717) is 17.6 Å². The maximum Gasteiger partial charge on any atom is 0.123 e. The highest BCUT2D eigenvalue weighted by Gasteiger charge is 2.27. The molecule has 0 atom stereocenters. The van der Waals surface area contributed by atoms with Crippen LogP contribution < -0.4 is 0 Å². The molecule has 0 aliphatic carbocycles. The Morgan fingerprint density at radius 3 is 1.44 bits per heavy atom. The van der Waals surface area contributed by atoms with Crippen LogP contribution in [0.25, 0.3) is 0 Å². The van der Waals surface area contributed by atoms with Gasteiger partial charge >= 0.3 is 0 Å². The Morgan fingerprint density at radius 2 is 1.16 bits per heavy atom. The fraction of sp³-hybridized carbons (Fsp3) is 0.739. The SMILES string of the molecule is CC(C)CN(Cc1cc(C(C)(C)C)c(O)c(C(C)(C)C)c1)CC(C)C. The van der Waals surface area contributed by atoms with E-state index in [4.69, 9.17) is 0 Å². The summed E-state index contributed by atoms with van der Waals surface area (Å²) in [5, 5.41) is 10.9. The molecule has 1 rings (SSSR count). The summed E-state index contributed by atoms with van der Waals surface area (Å²) in [5.74, 6) is 1.78. The molecule has 0 aliphatic rings. The van der Waals surface area contributed by atoms with Gasteiger partial charge in [0.05, 0.1) is 0 Å². The van der Waals surface area contributed by atoms with Crippen molar-refractivity contribution in [1.82, 2.24) is 4.90 Å². The van der Waals surface area contributed by atoms with E-state index in [2.05, 4.69) is 86.3 Å². The minimum Gasteiger partial charge on any atom is -0.507 e. The first-order valence-corrected chi connectivity index (χ1v) is 9.81. The van der Waals surface area contributed by atoms with Crippen LogP contribution in [0.5, 0.6) is 5.75 Å². The summed E-state index contributed by atoms with van der Waals surface area (Å²) in [5.41, 5.74) is 3.30. The molecule has 144 valence electrons. The summed E-state index contributed by atoms with van der Waals surface area (Å²) in [6, 6.07) is 4.44. The van der Waals surface area contributed by atoms with Gasteiger partial charge in [0.1, 0.15) is 5.75 Å². The smallest absolute Gasteiger partial charge is 0.123 e. The highest BCUT2D eigenvalue weighted by molar-refractivity contribution is 5.49. The van der Waals surface area contributed by atoms with E-state index < -0.39 is 0 Å². The lowest BCUT2D eigenvalue weighted by Crippen LogP contribution is -2.31. The first-order valence-electron chi connectivity index (χ1n) is 9.81. The molecule has 1 aromatic carbocycles. The number of hydrogen-bond acceptors (Lipinski definition) is 2. The average Bonchev–Trinajstić information content (AvgIpc) is 2.36. The van der Waals surface area contributed by atoms with Crippen LogP contribution in [0, 0.1) is 11.8 Å². The second-order valence-electron chi connectivity index (χ2n) is 10.5. The minimum absolute atomic E-state index is 0.0684. The molecule has 0 saturated carbocycles. The number of hydrogen-bond donors (Lipinski definition) is 1. The molecule has 1 N–H and O–H groups in total. The van der Waals surface area contributed by atoms with Gasteiger partial charge < -0.3 is 5.11 Å². The number of nitrogens with zero attached hydrogens (tertiary/aromatic N) is 1. The van der Waals surface area contributed by atoms with Crippen molar-refractivity contribution in [2.45, 2.75) is 86.6 Å². The van der Waals surface area contributed by atoms with Gasteiger partial charge in [-0.3, -0.25) is 4.90 Å². The third-order valence-electron chi connectivity index (χ3n) is 4.44. The summed E-state index contributed by atoms with van der Waals surface area (Å²) in [6.07, 6.45) is 0. The van der Waals surface area contributed by atoms with Gasteiger partial charge in [-0.05, 0) is 39.4 Å². The minimum atomic E-state index is -0.0684. The Labute approximate surface area is 156 Å². The lowest BCUT2D eigenvalue weighted by Gasteiger charge is -2.30. The fourth-order valence-corrected chi connectivity index (χ4v) is 3.42. The van der Waals surface area contributed by atoms with E-state index in [1.54, 1.807) is 0 Å². The van der Waals surface area contributed by atoms with Crippen LogP contribution in [0.3, 0.4) is 0 Å². The van der Waals surface area contributed by atoms with Crippen molar-refractivity contribution in [3.63, 3.8) is 0 Å². The van der Waals surface area contributed by atoms with Crippen molar-refractivity contribution in [2.75, 3.05) is 13.1 Å². The first-order chi connectivity index (χ1) is 11.2. The lowest BCUT2D eigenvalue weighted by molar-refractivity contribution is 0.211. The predicted molar refractivity (Wildman–Crippen MR) is 110 cm³/mol. The monoisotopic (exact) mass is 347 g/mol. The van der Waals surface area contributed by atoms with E-state index >= 15 is 0 Å². The molecular weight excluding hydrogens is 306 g/mol. The summed E-state index contributed by atoms with van der Waals surface area (Å²) < 4.78 is 0. The Balaban J connectivity index is 3.33.